The highest BCUT2D eigenvalue weighted by molar-refractivity contribution is 5.87. The topological polar surface area (TPSA) is 193 Å². The van der Waals surface area contributed by atoms with E-state index in [4.69, 9.17) is 23.9 Å². The number of nitrogens with one attached hydrogen (secondary N) is 4. The van der Waals surface area contributed by atoms with Gasteiger partial charge in [-0.3, -0.25) is 9.59 Å². The lowest BCUT2D eigenvalue weighted by Gasteiger charge is -2.34. The Morgan fingerprint density at radius 2 is 1.30 bits per heavy atom. The summed E-state index contributed by atoms with van der Waals surface area (Å²) in [4.78, 5) is 72.0. The van der Waals surface area contributed by atoms with Gasteiger partial charge < -0.3 is 49.3 Å². The standard InChI is InChI=1S/C44H51FN8O8/c1-58-43(56)50-37(28-13-19-60-20-14-28)41(54)52-17-3-5-35(52)39-46-25-34(49-39)30-11-9-26(23-31(30)45)7-8-27-10-12-32-33(24-27)48-40(47-32)36-6-4-18-53(36)42(55)38(51-44(57)59-2)29-15-21-61-22-16-29/h9-12,23-25,28-29,35-38H,3-6,13-22H2,1-2H3,(H,46,49)(H,47,48)(H,50,56)(H,51,57). The molecule has 0 aliphatic carbocycles. The van der Waals surface area contributed by atoms with Crippen LogP contribution >= 0.6 is 0 Å². The fraction of sp³-hybridized carbons (Fsp3) is 0.500. The monoisotopic (exact) mass is 838 g/mol. The Morgan fingerprint density at radius 3 is 1.85 bits per heavy atom. The van der Waals surface area contributed by atoms with Crippen molar-refractivity contribution in [3.8, 4) is 23.1 Å². The van der Waals surface area contributed by atoms with Gasteiger partial charge in [-0.25, -0.2) is 23.9 Å². The lowest BCUT2D eigenvalue weighted by atomic mass is 9.90. The molecular formula is C44H51FN8O8. The van der Waals surface area contributed by atoms with Gasteiger partial charge in [-0.15, -0.1) is 0 Å². The molecule has 4 aromatic rings. The molecule has 8 rings (SSSR count). The van der Waals surface area contributed by atoms with E-state index in [9.17, 15) is 19.2 Å². The predicted molar refractivity (Wildman–Crippen MR) is 219 cm³/mol. The Bertz CT molecular complexity index is 2310. The minimum Gasteiger partial charge on any atom is -0.453 e. The Kier molecular flexibility index (Phi) is 12.8. The van der Waals surface area contributed by atoms with E-state index in [2.05, 4.69) is 37.4 Å². The molecule has 4 N–H and O–H groups in total. The number of H-pyrrole nitrogens is 2. The van der Waals surface area contributed by atoms with E-state index in [1.807, 2.05) is 18.2 Å². The lowest BCUT2D eigenvalue weighted by Crippen LogP contribution is -2.53. The molecule has 4 fully saturated rings. The molecule has 6 heterocycles. The van der Waals surface area contributed by atoms with Crippen LogP contribution in [0.15, 0.2) is 42.6 Å². The molecule has 0 radical (unpaired) electrons. The van der Waals surface area contributed by atoms with Gasteiger partial charge in [0, 0.05) is 56.2 Å². The summed E-state index contributed by atoms with van der Waals surface area (Å²) >= 11 is 0. The average molecular weight is 839 g/mol. The number of halogens is 1. The normalized spacial score (nSPS) is 20.8. The summed E-state index contributed by atoms with van der Waals surface area (Å²) in [6.45, 7) is 3.16. The number of carbonyl (C=O) groups excluding carboxylic acids is 4. The second-order valence-corrected chi connectivity index (χ2v) is 16.0. The first-order valence-electron chi connectivity index (χ1n) is 21.0. The van der Waals surface area contributed by atoms with Crippen LogP contribution in [0.1, 0.15) is 86.2 Å². The molecule has 4 aliphatic heterocycles. The van der Waals surface area contributed by atoms with Crippen molar-refractivity contribution < 1.29 is 42.5 Å². The Labute approximate surface area is 352 Å². The molecule has 4 amide bonds. The summed E-state index contributed by atoms with van der Waals surface area (Å²) in [5.41, 5.74) is 3.46. The van der Waals surface area contributed by atoms with Gasteiger partial charge in [-0.2, -0.15) is 0 Å². The molecule has 0 saturated carbocycles. The largest absolute Gasteiger partial charge is 0.453 e. The van der Waals surface area contributed by atoms with Crippen molar-refractivity contribution in [2.24, 2.45) is 11.8 Å². The van der Waals surface area contributed by atoms with Gasteiger partial charge in [0.05, 0.1) is 49.2 Å². The molecule has 17 heteroatoms. The van der Waals surface area contributed by atoms with Gasteiger partial charge in [-0.05, 0) is 99.6 Å². The van der Waals surface area contributed by atoms with Gasteiger partial charge in [0.25, 0.3) is 0 Å². The smallest absolute Gasteiger partial charge is 0.407 e. The fourth-order valence-electron chi connectivity index (χ4n) is 9.08. The van der Waals surface area contributed by atoms with Crippen LogP contribution in [0.2, 0.25) is 0 Å². The zero-order chi connectivity index (χ0) is 42.5. The number of rotatable bonds is 9. The number of aromatic nitrogens is 4. The quantitative estimate of drug-likeness (QED) is 0.165. The zero-order valence-electron chi connectivity index (χ0n) is 34.3. The van der Waals surface area contributed by atoms with Crippen LogP contribution in [0.25, 0.3) is 22.3 Å². The summed E-state index contributed by atoms with van der Waals surface area (Å²) in [5.74, 6) is 6.44. The van der Waals surface area contributed by atoms with Crippen LogP contribution < -0.4 is 10.6 Å². The SMILES string of the molecule is COC(=O)NC(C(=O)N1CCCC1c1ncc(-c2ccc(C#Cc3ccc4nc(C5CCCN5C(=O)C(NC(=O)OC)C5CCOCC5)[nH]c4c3)cc2F)[nH]1)C1CCOCC1. The second-order valence-electron chi connectivity index (χ2n) is 16.0. The lowest BCUT2D eigenvalue weighted by molar-refractivity contribution is -0.137. The molecule has 16 nitrogen and oxygen atoms in total. The van der Waals surface area contributed by atoms with Crippen molar-refractivity contribution in [2.45, 2.75) is 75.5 Å². The van der Waals surface area contributed by atoms with Crippen LogP contribution in [0.5, 0.6) is 0 Å². The minimum absolute atomic E-state index is 0.0612. The first-order chi connectivity index (χ1) is 29.7. The van der Waals surface area contributed by atoms with Crippen molar-refractivity contribution in [3.63, 3.8) is 0 Å². The maximum atomic E-state index is 15.7. The number of fused-ring (bicyclic) bond motifs is 1. The highest BCUT2D eigenvalue weighted by Crippen LogP contribution is 2.36. The molecule has 4 saturated heterocycles. The number of hydrogen-bond donors (Lipinski definition) is 4. The summed E-state index contributed by atoms with van der Waals surface area (Å²) in [6.07, 6.45) is 5.85. The number of amides is 4. The molecule has 4 atom stereocenters. The van der Waals surface area contributed by atoms with Crippen molar-refractivity contribution in [3.05, 3.63) is 71.2 Å². The minimum atomic E-state index is -0.754. The Hall–Kier alpha value is -5.99. The van der Waals surface area contributed by atoms with E-state index in [-0.39, 0.29) is 35.7 Å². The van der Waals surface area contributed by atoms with E-state index in [1.54, 1.807) is 28.1 Å². The third-order valence-electron chi connectivity index (χ3n) is 12.3. The molecule has 61 heavy (non-hydrogen) atoms. The number of likely N-dealkylation sites (tertiary alicyclic amines) is 2. The number of benzene rings is 2. The van der Waals surface area contributed by atoms with Crippen LogP contribution in [0, 0.1) is 29.5 Å². The molecule has 2 aromatic carbocycles. The Morgan fingerprint density at radius 1 is 0.754 bits per heavy atom. The third-order valence-corrected chi connectivity index (χ3v) is 12.3. The highest BCUT2D eigenvalue weighted by atomic mass is 19.1. The number of carbonyl (C=O) groups is 4. The summed E-state index contributed by atoms with van der Waals surface area (Å²) in [7, 11) is 2.56. The predicted octanol–water partition coefficient (Wildman–Crippen LogP) is 5.12. The van der Waals surface area contributed by atoms with Crippen molar-refractivity contribution in [1.29, 1.82) is 0 Å². The molecule has 0 bridgehead atoms. The first kappa shape index (κ1) is 41.7. The number of nitrogens with zero attached hydrogens (tertiary/aromatic N) is 4. The summed E-state index contributed by atoms with van der Waals surface area (Å²) in [6, 6.07) is 8.26. The van der Waals surface area contributed by atoms with Crippen LogP contribution in [0.4, 0.5) is 14.0 Å². The number of methoxy groups -OCH3 is 2. The molecule has 4 aliphatic rings. The number of ether oxygens (including phenoxy) is 4. The van der Waals surface area contributed by atoms with Gasteiger partial charge in [0.2, 0.25) is 11.8 Å². The maximum Gasteiger partial charge on any atom is 0.407 e. The maximum absolute atomic E-state index is 15.7. The van der Waals surface area contributed by atoms with E-state index in [1.165, 1.54) is 20.3 Å². The van der Waals surface area contributed by atoms with Gasteiger partial charge in [0.15, 0.2) is 0 Å². The third kappa shape index (κ3) is 9.20. The van der Waals surface area contributed by atoms with E-state index in [0.717, 1.165) is 30.3 Å². The highest BCUT2D eigenvalue weighted by Gasteiger charge is 2.42. The van der Waals surface area contributed by atoms with Crippen molar-refractivity contribution in [2.75, 3.05) is 53.7 Å². The molecule has 4 unspecified atom stereocenters. The van der Waals surface area contributed by atoms with Gasteiger partial charge in [0.1, 0.15) is 29.5 Å². The van der Waals surface area contributed by atoms with E-state index in [0.29, 0.717) is 106 Å². The molecular weight excluding hydrogens is 788 g/mol. The zero-order valence-corrected chi connectivity index (χ0v) is 34.3. The van der Waals surface area contributed by atoms with Crippen LogP contribution in [-0.2, 0) is 28.5 Å². The van der Waals surface area contributed by atoms with Gasteiger partial charge >= 0.3 is 12.2 Å². The molecule has 0 spiro atoms. The van der Waals surface area contributed by atoms with E-state index < -0.39 is 30.1 Å². The fourth-order valence-corrected chi connectivity index (χ4v) is 9.08. The number of hydrogen-bond acceptors (Lipinski definition) is 10. The first-order valence-corrected chi connectivity index (χ1v) is 21.0. The van der Waals surface area contributed by atoms with Crippen LogP contribution in [-0.4, -0.2) is 120 Å². The summed E-state index contributed by atoms with van der Waals surface area (Å²) < 4.78 is 36.4. The average Bonchev–Trinajstić information content (AvgIpc) is 4.13. The molecule has 2 aromatic heterocycles. The number of imidazole rings is 2. The van der Waals surface area contributed by atoms with Gasteiger partial charge in [-0.1, -0.05) is 11.8 Å². The second kappa shape index (κ2) is 18.7. The number of alkyl carbamates (subject to hydrolysis) is 2. The van der Waals surface area contributed by atoms with Crippen molar-refractivity contribution >= 4 is 35.0 Å². The van der Waals surface area contributed by atoms with E-state index >= 15 is 4.39 Å². The number of aromatic amines is 2. The molecule has 322 valence electrons. The Balaban J connectivity index is 0.943. The summed E-state index contributed by atoms with van der Waals surface area (Å²) in [5, 5.41) is 5.55. The van der Waals surface area contributed by atoms with Crippen LogP contribution in [0.3, 0.4) is 0 Å². The van der Waals surface area contributed by atoms with Crippen molar-refractivity contribution in [1.82, 2.24) is 40.4 Å².